The van der Waals surface area contributed by atoms with E-state index in [2.05, 4.69) is 25.3 Å². The van der Waals surface area contributed by atoms with Gasteiger partial charge in [-0.3, -0.25) is 9.32 Å². The Balaban J connectivity index is 1.78. The van der Waals surface area contributed by atoms with Crippen LogP contribution in [0, 0.1) is 5.82 Å². The lowest BCUT2D eigenvalue weighted by Gasteiger charge is -2.12. The van der Waals surface area contributed by atoms with Gasteiger partial charge in [0.2, 0.25) is 21.8 Å². The number of carbonyl (C=O) groups excluding carboxylic acids is 1. The van der Waals surface area contributed by atoms with E-state index in [1.807, 2.05) is 0 Å². The Labute approximate surface area is 193 Å². The SMILES string of the molecule is C[C@H](CSc1nonc1-c1noc(=O)n1-c1ccc(F)c(C(F)F)c1)NC(=O)CCS(N)(=O)=O. The molecule has 0 saturated heterocycles. The summed E-state index contributed by atoms with van der Waals surface area (Å²) in [4.78, 5) is 24.0. The van der Waals surface area contributed by atoms with E-state index in [-0.39, 0.29) is 34.4 Å². The van der Waals surface area contributed by atoms with Crippen LogP contribution in [0.1, 0.15) is 25.3 Å². The van der Waals surface area contributed by atoms with Gasteiger partial charge in [-0.1, -0.05) is 16.9 Å². The molecule has 12 nitrogen and oxygen atoms in total. The molecule has 0 saturated carbocycles. The zero-order valence-corrected chi connectivity index (χ0v) is 18.9. The fraction of sp³-hybridized carbons (Fsp3) is 0.353. The average Bonchev–Trinajstić information content (AvgIpc) is 3.36. The molecule has 0 aliphatic heterocycles. The number of sulfonamides is 1. The summed E-state index contributed by atoms with van der Waals surface area (Å²) in [5.41, 5.74) is -1.13. The number of benzene rings is 1. The molecule has 0 bridgehead atoms. The average molecular weight is 522 g/mol. The largest absolute Gasteiger partial charge is 0.446 e. The fourth-order valence-electron chi connectivity index (χ4n) is 2.70. The maximum absolute atomic E-state index is 13.7. The van der Waals surface area contributed by atoms with Crippen molar-refractivity contribution in [2.75, 3.05) is 11.5 Å². The third-order valence-corrected chi connectivity index (χ3v) is 6.22. The van der Waals surface area contributed by atoms with Crippen molar-refractivity contribution < 1.29 is 35.5 Å². The molecule has 0 spiro atoms. The number of thioether (sulfide) groups is 1. The first kappa shape index (κ1) is 25.4. The van der Waals surface area contributed by atoms with E-state index >= 15 is 0 Å². The van der Waals surface area contributed by atoms with Gasteiger partial charge in [-0.15, -0.1) is 0 Å². The standard InChI is InChI=1S/C17H17F3N6O6S2/c1-8(22-12(27)4-5-34(21,29)30)7-33-16-13(23-32-25-16)15-24-31-17(28)26(15)9-2-3-11(18)10(6-9)14(19)20/h2-3,6,8,14H,4-5,7H2,1H3,(H,22,27)(H2,21,29,30)/t8-/m1/s1. The highest BCUT2D eigenvalue weighted by Gasteiger charge is 2.25. The van der Waals surface area contributed by atoms with Gasteiger partial charge in [0.25, 0.3) is 6.43 Å². The summed E-state index contributed by atoms with van der Waals surface area (Å²) in [6.07, 6.45) is -3.44. The van der Waals surface area contributed by atoms with Crippen molar-refractivity contribution in [1.29, 1.82) is 0 Å². The first-order valence-electron chi connectivity index (χ1n) is 9.38. The van der Waals surface area contributed by atoms with Gasteiger partial charge in [-0.25, -0.2) is 40.7 Å². The maximum atomic E-state index is 13.7. The molecule has 0 radical (unpaired) electrons. The van der Waals surface area contributed by atoms with Crippen molar-refractivity contribution in [3.63, 3.8) is 0 Å². The topological polar surface area (TPSA) is 176 Å². The lowest BCUT2D eigenvalue weighted by Crippen LogP contribution is -2.35. The fourth-order valence-corrected chi connectivity index (χ4v) is 4.02. The number of amides is 1. The molecule has 2 heterocycles. The second kappa shape index (κ2) is 10.4. The first-order chi connectivity index (χ1) is 16.0. The van der Waals surface area contributed by atoms with Gasteiger partial charge >= 0.3 is 5.76 Å². The van der Waals surface area contributed by atoms with Crippen molar-refractivity contribution in [3.8, 4) is 17.2 Å². The molecule has 0 fully saturated rings. The maximum Gasteiger partial charge on any atom is 0.446 e. The van der Waals surface area contributed by atoms with Crippen LogP contribution in [0.5, 0.6) is 0 Å². The van der Waals surface area contributed by atoms with Crippen molar-refractivity contribution >= 4 is 27.7 Å². The molecule has 34 heavy (non-hydrogen) atoms. The highest BCUT2D eigenvalue weighted by molar-refractivity contribution is 7.99. The third-order valence-electron chi connectivity index (χ3n) is 4.24. The summed E-state index contributed by atoms with van der Waals surface area (Å²) in [5.74, 6) is -3.24. The zero-order valence-electron chi connectivity index (χ0n) is 17.3. The number of nitrogens with two attached hydrogens (primary N) is 1. The molecule has 3 N–H and O–H groups in total. The zero-order chi connectivity index (χ0) is 25.0. The van der Waals surface area contributed by atoms with Crippen LogP contribution in [0.25, 0.3) is 17.2 Å². The Morgan fingerprint density at radius 1 is 1.29 bits per heavy atom. The normalized spacial score (nSPS) is 12.8. The van der Waals surface area contributed by atoms with Crippen LogP contribution in [0.3, 0.4) is 0 Å². The van der Waals surface area contributed by atoms with Gasteiger partial charge in [0.15, 0.2) is 10.7 Å². The molecular weight excluding hydrogens is 505 g/mol. The first-order valence-corrected chi connectivity index (χ1v) is 12.1. The predicted molar refractivity (Wildman–Crippen MR) is 111 cm³/mol. The minimum Gasteiger partial charge on any atom is -0.353 e. The summed E-state index contributed by atoms with van der Waals surface area (Å²) in [5, 5.41) is 18.6. The minimum atomic E-state index is -3.78. The smallest absolute Gasteiger partial charge is 0.353 e. The third kappa shape index (κ3) is 6.23. The van der Waals surface area contributed by atoms with E-state index in [0.29, 0.717) is 0 Å². The molecule has 1 aromatic carbocycles. The van der Waals surface area contributed by atoms with E-state index in [9.17, 15) is 31.2 Å². The molecule has 0 unspecified atom stereocenters. The van der Waals surface area contributed by atoms with Gasteiger partial charge in [-0.05, 0) is 35.4 Å². The number of nitrogens with one attached hydrogen (secondary N) is 1. The lowest BCUT2D eigenvalue weighted by molar-refractivity contribution is -0.121. The van der Waals surface area contributed by atoms with E-state index in [0.717, 1.165) is 34.5 Å². The summed E-state index contributed by atoms with van der Waals surface area (Å²) >= 11 is 1.04. The van der Waals surface area contributed by atoms with E-state index in [1.165, 1.54) is 0 Å². The number of halogens is 3. The molecule has 1 atom stereocenters. The van der Waals surface area contributed by atoms with Crippen molar-refractivity contribution in [1.82, 2.24) is 25.4 Å². The number of hydrogen-bond acceptors (Lipinski definition) is 10. The van der Waals surface area contributed by atoms with Gasteiger partial charge in [0, 0.05) is 18.2 Å². The summed E-state index contributed by atoms with van der Waals surface area (Å²) in [7, 11) is -3.78. The van der Waals surface area contributed by atoms with Crippen LogP contribution < -0.4 is 16.2 Å². The molecule has 17 heteroatoms. The number of aromatic nitrogens is 4. The number of carbonyl (C=O) groups is 1. The van der Waals surface area contributed by atoms with Crippen molar-refractivity contribution in [2.24, 2.45) is 5.14 Å². The molecule has 0 aliphatic rings. The van der Waals surface area contributed by atoms with Crippen LogP contribution in [0.4, 0.5) is 13.2 Å². The van der Waals surface area contributed by atoms with Gasteiger partial charge < -0.3 is 5.32 Å². The van der Waals surface area contributed by atoms with Crippen LogP contribution in [-0.4, -0.2) is 51.9 Å². The highest BCUT2D eigenvalue weighted by atomic mass is 32.2. The van der Waals surface area contributed by atoms with Crippen LogP contribution in [0.15, 0.2) is 37.2 Å². The Kier molecular flexibility index (Phi) is 7.78. The molecule has 3 aromatic rings. The highest BCUT2D eigenvalue weighted by Crippen LogP contribution is 2.30. The predicted octanol–water partition coefficient (Wildman–Crippen LogP) is 1.23. The molecule has 0 aliphatic carbocycles. The van der Waals surface area contributed by atoms with E-state index in [1.54, 1.807) is 6.92 Å². The number of alkyl halides is 2. The Bertz CT molecular complexity index is 1340. The monoisotopic (exact) mass is 522 g/mol. The van der Waals surface area contributed by atoms with Crippen LogP contribution >= 0.6 is 11.8 Å². The summed E-state index contributed by atoms with van der Waals surface area (Å²) in [6, 6.07) is 2.19. The van der Waals surface area contributed by atoms with Crippen molar-refractivity contribution in [3.05, 3.63) is 40.1 Å². The van der Waals surface area contributed by atoms with E-state index < -0.39 is 51.3 Å². The van der Waals surface area contributed by atoms with Gasteiger partial charge in [0.05, 0.1) is 17.0 Å². The Morgan fingerprint density at radius 2 is 2.03 bits per heavy atom. The number of nitrogens with zero attached hydrogens (tertiary/aromatic N) is 4. The van der Waals surface area contributed by atoms with Gasteiger partial charge in [0.1, 0.15) is 5.82 Å². The van der Waals surface area contributed by atoms with E-state index in [4.69, 9.17) is 9.77 Å². The summed E-state index contributed by atoms with van der Waals surface area (Å²) in [6.45, 7) is 1.64. The van der Waals surface area contributed by atoms with Crippen LogP contribution in [0.2, 0.25) is 0 Å². The van der Waals surface area contributed by atoms with Crippen LogP contribution in [-0.2, 0) is 14.8 Å². The minimum absolute atomic E-state index is 0.0634. The number of hydrogen-bond donors (Lipinski definition) is 2. The quantitative estimate of drug-likeness (QED) is 0.368. The van der Waals surface area contributed by atoms with Gasteiger partial charge in [-0.2, -0.15) is 0 Å². The second-order valence-electron chi connectivity index (χ2n) is 6.93. The molecule has 2 aromatic heterocycles. The molecular formula is C17H17F3N6O6S2. The Hall–Kier alpha value is -3.18. The number of rotatable bonds is 10. The van der Waals surface area contributed by atoms with Crippen molar-refractivity contribution in [2.45, 2.75) is 30.8 Å². The lowest BCUT2D eigenvalue weighted by atomic mass is 10.2. The number of primary sulfonamides is 1. The Morgan fingerprint density at radius 3 is 2.71 bits per heavy atom. The molecule has 3 rings (SSSR count). The second-order valence-corrected chi connectivity index (χ2v) is 9.67. The summed E-state index contributed by atoms with van der Waals surface area (Å²) < 4.78 is 71.9. The molecule has 184 valence electrons. The molecule has 1 amide bonds.